The van der Waals surface area contributed by atoms with Gasteiger partial charge in [0.2, 0.25) is 6.10 Å². The van der Waals surface area contributed by atoms with Gasteiger partial charge in [0.05, 0.1) is 0 Å². The van der Waals surface area contributed by atoms with Gasteiger partial charge in [0.15, 0.2) is 18.3 Å². The molecule has 0 aliphatic heterocycles. The van der Waals surface area contributed by atoms with Gasteiger partial charge in [-0.3, -0.25) is 33.8 Å². The SMILES string of the molecule is CC(=O)OCC(OC(C)=O)C(OC(C)=O)C(OC(C)=O)C(OC(C)=O)C(=O)NCc1cccnc1. The van der Waals surface area contributed by atoms with Crippen molar-refractivity contribution >= 4 is 35.8 Å². The summed E-state index contributed by atoms with van der Waals surface area (Å²) in [4.78, 5) is 75.6. The number of rotatable bonds is 12. The molecule has 0 bridgehead atoms. The van der Waals surface area contributed by atoms with Crippen LogP contribution in [-0.4, -0.2) is 71.8 Å². The number of esters is 5. The number of amides is 1. The number of carbonyl (C=O) groups excluding carboxylic acids is 6. The maximum absolute atomic E-state index is 13.0. The van der Waals surface area contributed by atoms with E-state index in [1.165, 1.54) is 12.4 Å². The van der Waals surface area contributed by atoms with Crippen LogP contribution in [0.2, 0.25) is 0 Å². The molecule has 1 rings (SSSR count). The number of nitrogens with one attached hydrogen (secondary N) is 1. The Morgan fingerprint density at radius 1 is 0.800 bits per heavy atom. The molecule has 0 radical (unpaired) electrons. The van der Waals surface area contributed by atoms with Crippen LogP contribution in [-0.2, 0) is 59.0 Å². The van der Waals surface area contributed by atoms with Crippen molar-refractivity contribution in [1.82, 2.24) is 10.3 Å². The van der Waals surface area contributed by atoms with Gasteiger partial charge in [-0.1, -0.05) is 6.07 Å². The van der Waals surface area contributed by atoms with Gasteiger partial charge in [0.25, 0.3) is 5.91 Å². The minimum Gasteiger partial charge on any atom is -0.462 e. The normalized spacial score (nSPS) is 13.7. The Morgan fingerprint density at radius 2 is 1.37 bits per heavy atom. The van der Waals surface area contributed by atoms with Crippen LogP contribution >= 0.6 is 0 Å². The van der Waals surface area contributed by atoms with E-state index >= 15 is 0 Å². The number of pyridine rings is 1. The standard InChI is InChI=1S/C22H28N2O11/c1-12(25)31-11-18(32-13(2)26)19(33-14(3)27)20(34-15(4)28)21(35-16(5)29)22(30)24-10-17-7-6-8-23-9-17/h6-9,18-21H,10-11H2,1-5H3,(H,24,30). The Bertz CT molecular complexity index is 919. The fraction of sp³-hybridized carbons (Fsp3) is 0.500. The number of hydrogen-bond donors (Lipinski definition) is 1. The number of carbonyl (C=O) groups is 6. The van der Waals surface area contributed by atoms with Gasteiger partial charge >= 0.3 is 29.8 Å². The Balaban J connectivity index is 3.42. The Hall–Kier alpha value is -4.03. The van der Waals surface area contributed by atoms with Crippen molar-refractivity contribution in [2.45, 2.75) is 65.6 Å². The molecule has 1 N–H and O–H groups in total. The lowest BCUT2D eigenvalue weighted by molar-refractivity contribution is -0.203. The molecular formula is C22H28N2O11. The van der Waals surface area contributed by atoms with Crippen LogP contribution in [0.5, 0.6) is 0 Å². The lowest BCUT2D eigenvalue weighted by Gasteiger charge is -2.34. The Morgan fingerprint density at radius 3 is 1.86 bits per heavy atom. The lowest BCUT2D eigenvalue weighted by atomic mass is 10.0. The summed E-state index contributed by atoms with van der Waals surface area (Å²) >= 11 is 0. The van der Waals surface area contributed by atoms with Crippen molar-refractivity contribution in [1.29, 1.82) is 0 Å². The highest BCUT2D eigenvalue weighted by Gasteiger charge is 2.46. The second-order valence-electron chi connectivity index (χ2n) is 7.21. The zero-order valence-corrected chi connectivity index (χ0v) is 20.0. The fourth-order valence-corrected chi connectivity index (χ4v) is 2.89. The molecule has 13 heteroatoms. The van der Waals surface area contributed by atoms with Crippen LogP contribution in [0.1, 0.15) is 40.2 Å². The third kappa shape index (κ3) is 11.1. The van der Waals surface area contributed by atoms with E-state index in [9.17, 15) is 28.8 Å². The zero-order chi connectivity index (χ0) is 26.5. The van der Waals surface area contributed by atoms with Gasteiger partial charge < -0.3 is 29.0 Å². The summed E-state index contributed by atoms with van der Waals surface area (Å²) in [6.07, 6.45) is -3.82. The highest BCUT2D eigenvalue weighted by atomic mass is 16.6. The molecule has 0 spiro atoms. The van der Waals surface area contributed by atoms with E-state index < -0.39 is 66.8 Å². The van der Waals surface area contributed by atoms with Crippen molar-refractivity contribution in [3.8, 4) is 0 Å². The number of ether oxygens (including phenoxy) is 5. The molecular weight excluding hydrogens is 468 g/mol. The third-order valence-electron chi connectivity index (χ3n) is 4.10. The quantitative estimate of drug-likeness (QED) is 0.303. The van der Waals surface area contributed by atoms with E-state index in [0.717, 1.165) is 34.6 Å². The second-order valence-corrected chi connectivity index (χ2v) is 7.21. The van der Waals surface area contributed by atoms with Gasteiger partial charge in [-0.25, -0.2) is 0 Å². The van der Waals surface area contributed by atoms with Crippen LogP contribution in [0.3, 0.4) is 0 Å². The minimum atomic E-state index is -1.84. The molecule has 0 aliphatic rings. The number of hydrogen-bond acceptors (Lipinski definition) is 12. The van der Waals surface area contributed by atoms with Crippen molar-refractivity contribution in [2.75, 3.05) is 6.61 Å². The summed E-state index contributed by atoms with van der Waals surface area (Å²) in [5.41, 5.74) is 0.607. The average molecular weight is 496 g/mol. The first-order valence-corrected chi connectivity index (χ1v) is 10.4. The minimum absolute atomic E-state index is 0.0315. The molecule has 4 atom stereocenters. The predicted molar refractivity (Wildman–Crippen MR) is 115 cm³/mol. The first kappa shape index (κ1) is 29.0. The highest BCUT2D eigenvalue weighted by molar-refractivity contribution is 5.84. The summed E-state index contributed by atoms with van der Waals surface area (Å²) < 4.78 is 25.6. The van der Waals surface area contributed by atoms with Gasteiger partial charge in [0, 0.05) is 53.6 Å². The van der Waals surface area contributed by atoms with E-state index in [-0.39, 0.29) is 6.54 Å². The van der Waals surface area contributed by atoms with Crippen molar-refractivity contribution in [2.24, 2.45) is 0 Å². The van der Waals surface area contributed by atoms with E-state index in [0.29, 0.717) is 5.56 Å². The van der Waals surface area contributed by atoms with E-state index in [1.807, 2.05) is 0 Å². The Labute approximate surface area is 201 Å². The maximum atomic E-state index is 13.0. The summed E-state index contributed by atoms with van der Waals surface area (Å²) in [5.74, 6) is -5.29. The predicted octanol–water partition coefficient (Wildman–Crippen LogP) is -0.0123. The Kier molecular flexibility index (Phi) is 11.8. The summed E-state index contributed by atoms with van der Waals surface area (Å²) in [7, 11) is 0. The molecule has 1 aromatic rings. The van der Waals surface area contributed by atoms with E-state index in [4.69, 9.17) is 23.7 Å². The van der Waals surface area contributed by atoms with Gasteiger partial charge in [0.1, 0.15) is 6.61 Å². The molecule has 192 valence electrons. The maximum Gasteiger partial charge on any atom is 0.303 e. The third-order valence-corrected chi connectivity index (χ3v) is 4.10. The summed E-state index contributed by atoms with van der Waals surface area (Å²) in [5, 5.41) is 2.52. The molecule has 0 aromatic carbocycles. The van der Waals surface area contributed by atoms with Crippen LogP contribution in [0.25, 0.3) is 0 Å². The molecule has 0 saturated carbocycles. The van der Waals surface area contributed by atoms with Crippen LogP contribution < -0.4 is 5.32 Å². The molecule has 0 saturated heterocycles. The van der Waals surface area contributed by atoms with Crippen LogP contribution in [0.4, 0.5) is 0 Å². The first-order valence-electron chi connectivity index (χ1n) is 10.4. The number of aromatic nitrogens is 1. The van der Waals surface area contributed by atoms with Crippen molar-refractivity contribution in [3.05, 3.63) is 30.1 Å². The highest BCUT2D eigenvalue weighted by Crippen LogP contribution is 2.20. The van der Waals surface area contributed by atoms with Gasteiger partial charge in [-0.15, -0.1) is 0 Å². The largest absolute Gasteiger partial charge is 0.462 e. The lowest BCUT2D eigenvalue weighted by Crippen LogP contribution is -2.57. The number of nitrogens with zero attached hydrogens (tertiary/aromatic N) is 1. The summed E-state index contributed by atoms with van der Waals surface area (Å²) in [6.45, 7) is 4.50. The molecule has 13 nitrogen and oxygen atoms in total. The summed E-state index contributed by atoms with van der Waals surface area (Å²) in [6, 6.07) is 3.32. The molecule has 1 heterocycles. The molecule has 35 heavy (non-hydrogen) atoms. The molecule has 4 unspecified atom stereocenters. The molecule has 1 amide bonds. The first-order chi connectivity index (χ1) is 16.4. The van der Waals surface area contributed by atoms with Crippen molar-refractivity contribution in [3.63, 3.8) is 0 Å². The second kappa shape index (κ2) is 14.3. The van der Waals surface area contributed by atoms with E-state index in [1.54, 1.807) is 12.1 Å². The zero-order valence-electron chi connectivity index (χ0n) is 20.0. The van der Waals surface area contributed by atoms with Crippen molar-refractivity contribution < 1.29 is 52.5 Å². The van der Waals surface area contributed by atoms with Gasteiger partial charge in [-0.2, -0.15) is 0 Å². The molecule has 0 aliphatic carbocycles. The smallest absolute Gasteiger partial charge is 0.303 e. The van der Waals surface area contributed by atoms with Crippen LogP contribution in [0, 0.1) is 0 Å². The monoisotopic (exact) mass is 496 g/mol. The van der Waals surface area contributed by atoms with Crippen LogP contribution in [0.15, 0.2) is 24.5 Å². The average Bonchev–Trinajstić information content (AvgIpc) is 2.75. The fourth-order valence-electron chi connectivity index (χ4n) is 2.89. The molecule has 1 aromatic heterocycles. The topological polar surface area (TPSA) is 173 Å². The van der Waals surface area contributed by atoms with E-state index in [2.05, 4.69) is 10.3 Å². The van der Waals surface area contributed by atoms with Gasteiger partial charge in [-0.05, 0) is 11.6 Å². The molecule has 0 fully saturated rings.